The van der Waals surface area contributed by atoms with Crippen LogP contribution in [0.2, 0.25) is 0 Å². The van der Waals surface area contributed by atoms with Gasteiger partial charge in [0, 0.05) is 21.8 Å². The third-order valence-electron chi connectivity index (χ3n) is 4.92. The molecule has 1 nitrogen and oxygen atoms in total. The summed E-state index contributed by atoms with van der Waals surface area (Å²) in [7, 11) is -1.02. The minimum Gasteiger partial charge on any atom is -0.355 e. The summed E-state index contributed by atoms with van der Waals surface area (Å²) in [6.07, 6.45) is 0. The summed E-state index contributed by atoms with van der Waals surface area (Å²) in [5, 5.41) is 6.83. The van der Waals surface area contributed by atoms with Crippen molar-refractivity contribution in [2.75, 3.05) is 0 Å². The summed E-state index contributed by atoms with van der Waals surface area (Å²) in [6, 6.07) is 37.3. The molecule has 0 aliphatic heterocycles. The fraction of sp³-hybridized carbons (Fsp3) is 0. The van der Waals surface area contributed by atoms with E-state index < -0.39 is 8.80 Å². The van der Waals surface area contributed by atoms with Crippen LogP contribution in [0.4, 0.5) is 0 Å². The Labute approximate surface area is 154 Å². The van der Waals surface area contributed by atoms with Crippen LogP contribution in [-0.2, 0) is 0 Å². The van der Waals surface area contributed by atoms with Crippen LogP contribution in [0.1, 0.15) is 0 Å². The number of hydrogen-bond donors (Lipinski definition) is 1. The van der Waals surface area contributed by atoms with Crippen LogP contribution in [0.25, 0.3) is 21.8 Å². The number of fused-ring (bicyclic) bond motifs is 3. The van der Waals surface area contributed by atoms with Gasteiger partial charge in [0.2, 0.25) is 0 Å². The van der Waals surface area contributed by atoms with E-state index in [1.807, 2.05) is 0 Å². The molecular formula is C24H18NSi. The molecule has 0 saturated heterocycles. The summed E-state index contributed by atoms with van der Waals surface area (Å²) in [5.41, 5.74) is 2.42. The van der Waals surface area contributed by atoms with Crippen molar-refractivity contribution in [1.29, 1.82) is 0 Å². The molecule has 1 N–H and O–H groups in total. The van der Waals surface area contributed by atoms with Crippen molar-refractivity contribution in [2.24, 2.45) is 0 Å². The Morgan fingerprint density at radius 1 is 0.462 bits per heavy atom. The van der Waals surface area contributed by atoms with Gasteiger partial charge >= 0.3 is 0 Å². The third-order valence-corrected chi connectivity index (χ3v) is 7.63. The van der Waals surface area contributed by atoms with E-state index in [-0.39, 0.29) is 0 Å². The molecule has 0 aliphatic rings. The second-order valence-corrected chi connectivity index (χ2v) is 9.02. The predicted octanol–water partition coefficient (Wildman–Crippen LogP) is 3.84. The molecule has 0 bridgehead atoms. The lowest BCUT2D eigenvalue weighted by atomic mass is 10.1. The number of rotatable bonds is 3. The highest BCUT2D eigenvalue weighted by molar-refractivity contribution is 6.95. The maximum atomic E-state index is 3.59. The van der Waals surface area contributed by atoms with Gasteiger partial charge in [0.05, 0.1) is 0 Å². The normalized spacial score (nSPS) is 11.4. The maximum Gasteiger partial charge on any atom is 0.154 e. The predicted molar refractivity (Wildman–Crippen MR) is 113 cm³/mol. The molecule has 26 heavy (non-hydrogen) atoms. The molecule has 123 valence electrons. The van der Waals surface area contributed by atoms with E-state index in [0.717, 1.165) is 0 Å². The van der Waals surface area contributed by atoms with Crippen molar-refractivity contribution in [3.05, 3.63) is 103 Å². The Morgan fingerprint density at radius 3 is 1.73 bits per heavy atom. The molecule has 1 aromatic heterocycles. The molecule has 1 radical (unpaired) electrons. The highest BCUT2D eigenvalue weighted by Crippen LogP contribution is 2.24. The minimum atomic E-state index is -1.02. The number of aromatic nitrogens is 1. The van der Waals surface area contributed by atoms with Crippen molar-refractivity contribution in [2.45, 2.75) is 0 Å². The average molecular weight is 349 g/mol. The van der Waals surface area contributed by atoms with E-state index in [9.17, 15) is 0 Å². The van der Waals surface area contributed by atoms with E-state index in [4.69, 9.17) is 0 Å². The van der Waals surface area contributed by atoms with Crippen molar-refractivity contribution in [3.8, 4) is 0 Å². The van der Waals surface area contributed by atoms with Gasteiger partial charge in [0.25, 0.3) is 0 Å². The van der Waals surface area contributed by atoms with Crippen LogP contribution in [0.5, 0.6) is 0 Å². The molecule has 5 aromatic rings. The monoisotopic (exact) mass is 348 g/mol. The molecule has 0 fully saturated rings. The first kappa shape index (κ1) is 15.2. The highest BCUT2D eigenvalue weighted by Gasteiger charge is 2.20. The molecule has 0 atom stereocenters. The first-order valence-electron chi connectivity index (χ1n) is 8.89. The van der Waals surface area contributed by atoms with Gasteiger partial charge in [-0.3, -0.25) is 0 Å². The second kappa shape index (κ2) is 6.32. The van der Waals surface area contributed by atoms with Gasteiger partial charge in [-0.25, -0.2) is 0 Å². The molecule has 0 saturated carbocycles. The summed E-state index contributed by atoms with van der Waals surface area (Å²) < 4.78 is 0. The first-order valence-corrected chi connectivity index (χ1v) is 10.4. The smallest absolute Gasteiger partial charge is 0.154 e. The van der Waals surface area contributed by atoms with Gasteiger partial charge in [-0.15, -0.1) is 0 Å². The molecule has 0 spiro atoms. The zero-order valence-electron chi connectivity index (χ0n) is 14.3. The van der Waals surface area contributed by atoms with E-state index in [1.54, 1.807) is 0 Å². The maximum absolute atomic E-state index is 3.59. The van der Waals surface area contributed by atoms with Crippen LogP contribution in [0.15, 0.2) is 103 Å². The summed E-state index contributed by atoms with van der Waals surface area (Å²) in [6.45, 7) is 0. The molecule has 0 unspecified atom stereocenters. The fourth-order valence-electron chi connectivity index (χ4n) is 3.72. The molecular weight excluding hydrogens is 330 g/mol. The third kappa shape index (κ3) is 2.56. The summed E-state index contributed by atoms with van der Waals surface area (Å²) >= 11 is 0. The van der Waals surface area contributed by atoms with Crippen LogP contribution < -0.4 is 15.6 Å². The molecule has 1 heterocycles. The SMILES string of the molecule is c1ccc([Si](c2ccccc2)c2ccc3c(c2)[nH]c2ccccc23)cc1. The van der Waals surface area contributed by atoms with Crippen molar-refractivity contribution in [1.82, 2.24) is 4.98 Å². The Bertz CT molecular complexity index is 1140. The van der Waals surface area contributed by atoms with Gasteiger partial charge in [0.1, 0.15) is 0 Å². The molecule has 2 heteroatoms. The Kier molecular flexibility index (Phi) is 3.69. The van der Waals surface area contributed by atoms with Gasteiger partial charge in [-0.05, 0) is 17.3 Å². The molecule has 0 aliphatic carbocycles. The first-order chi connectivity index (χ1) is 12.9. The summed E-state index contributed by atoms with van der Waals surface area (Å²) in [5.74, 6) is 0. The van der Waals surface area contributed by atoms with Gasteiger partial charge in [-0.1, -0.05) is 101 Å². The topological polar surface area (TPSA) is 15.8 Å². The quantitative estimate of drug-likeness (QED) is 0.377. The zero-order valence-corrected chi connectivity index (χ0v) is 15.3. The average Bonchev–Trinajstić information content (AvgIpc) is 3.08. The number of H-pyrrole nitrogens is 1. The number of nitrogens with one attached hydrogen (secondary N) is 1. The molecule has 0 amide bonds. The lowest BCUT2D eigenvalue weighted by molar-refractivity contribution is 1.55. The van der Waals surface area contributed by atoms with Gasteiger partial charge in [-0.2, -0.15) is 0 Å². The van der Waals surface area contributed by atoms with E-state index in [1.165, 1.54) is 37.4 Å². The van der Waals surface area contributed by atoms with Gasteiger partial charge < -0.3 is 4.98 Å². The largest absolute Gasteiger partial charge is 0.355 e. The number of benzene rings is 4. The summed E-state index contributed by atoms with van der Waals surface area (Å²) in [4.78, 5) is 3.59. The number of hydrogen-bond acceptors (Lipinski definition) is 0. The van der Waals surface area contributed by atoms with Crippen LogP contribution in [0, 0.1) is 0 Å². The number of aromatic amines is 1. The van der Waals surface area contributed by atoms with E-state index in [2.05, 4.69) is 108 Å². The standard InChI is InChI=1S/C24H18NSi/c1-3-9-18(10-4-1)26(19-11-5-2-6-12-19)20-15-16-22-21-13-7-8-14-23(21)25-24(22)17-20/h1-17,25H. The van der Waals surface area contributed by atoms with Crippen molar-refractivity contribution < 1.29 is 0 Å². The lowest BCUT2D eigenvalue weighted by Gasteiger charge is -2.16. The fourth-order valence-corrected chi connectivity index (χ4v) is 6.31. The van der Waals surface area contributed by atoms with E-state index in [0.29, 0.717) is 0 Å². The van der Waals surface area contributed by atoms with Crippen LogP contribution in [0.3, 0.4) is 0 Å². The highest BCUT2D eigenvalue weighted by atomic mass is 28.3. The van der Waals surface area contributed by atoms with Crippen molar-refractivity contribution >= 4 is 46.2 Å². The van der Waals surface area contributed by atoms with E-state index >= 15 is 0 Å². The second-order valence-electron chi connectivity index (χ2n) is 6.54. The van der Waals surface area contributed by atoms with Crippen LogP contribution in [-0.4, -0.2) is 13.8 Å². The molecule has 4 aromatic carbocycles. The Morgan fingerprint density at radius 2 is 1.04 bits per heavy atom. The van der Waals surface area contributed by atoms with Crippen LogP contribution >= 0.6 is 0 Å². The Hall–Kier alpha value is -3.10. The minimum absolute atomic E-state index is 1.02. The molecule has 5 rings (SSSR count). The Balaban J connectivity index is 1.72. The zero-order chi connectivity index (χ0) is 17.3. The van der Waals surface area contributed by atoms with Crippen molar-refractivity contribution in [3.63, 3.8) is 0 Å². The van der Waals surface area contributed by atoms with Gasteiger partial charge in [0.15, 0.2) is 8.80 Å². The lowest BCUT2D eigenvalue weighted by Crippen LogP contribution is -2.51. The number of para-hydroxylation sites is 1.